The molecule has 0 unspecified atom stereocenters. The summed E-state index contributed by atoms with van der Waals surface area (Å²) in [4.78, 5) is 10.2. The van der Waals surface area contributed by atoms with Gasteiger partial charge in [0.15, 0.2) is 0 Å². The number of rotatable bonds is 2. The molecule has 1 aromatic rings. The lowest BCUT2D eigenvalue weighted by molar-refractivity contribution is -0.00982. The van der Waals surface area contributed by atoms with E-state index in [4.69, 9.17) is 0 Å². The molecule has 0 aromatic carbocycles. The molecule has 1 N–H and O–H groups in total. The number of halogens is 1. The second-order valence-electron chi connectivity index (χ2n) is 4.43. The molecule has 80 valence electrons. The fraction of sp³-hybridized carbons (Fsp3) is 0.600. The normalized spacial score (nSPS) is 23.7. The zero-order valence-electron chi connectivity index (χ0n) is 8.23. The zero-order valence-corrected chi connectivity index (χ0v) is 9.81. The Bertz CT molecular complexity index is 388. The summed E-state index contributed by atoms with van der Waals surface area (Å²) in [5.41, 5.74) is -0.454. The van der Waals surface area contributed by atoms with Crippen molar-refractivity contribution in [3.63, 3.8) is 0 Å². The Morgan fingerprint density at radius 1 is 1.47 bits per heavy atom. The van der Waals surface area contributed by atoms with Gasteiger partial charge in [-0.15, -0.1) is 0 Å². The third kappa shape index (κ3) is 1.54. The van der Waals surface area contributed by atoms with Crippen LogP contribution in [0.1, 0.15) is 12.8 Å². The van der Waals surface area contributed by atoms with E-state index < -0.39 is 5.60 Å². The van der Waals surface area contributed by atoms with Crippen LogP contribution in [0.25, 0.3) is 0 Å². The third-order valence-corrected chi connectivity index (χ3v) is 3.77. The molecule has 5 heteroatoms. The predicted octanol–water partition coefficient (Wildman–Crippen LogP) is 1.20. The van der Waals surface area contributed by atoms with Gasteiger partial charge in [0.25, 0.3) is 0 Å². The van der Waals surface area contributed by atoms with Crippen molar-refractivity contribution in [2.45, 2.75) is 18.4 Å². The molecular weight excluding hydrogens is 258 g/mol. The van der Waals surface area contributed by atoms with Gasteiger partial charge in [-0.25, -0.2) is 9.97 Å². The molecule has 1 aliphatic carbocycles. The van der Waals surface area contributed by atoms with E-state index in [0.29, 0.717) is 19.0 Å². The maximum absolute atomic E-state index is 10.2. The third-order valence-electron chi connectivity index (χ3n) is 3.21. The molecule has 15 heavy (non-hydrogen) atoms. The smallest absolute Gasteiger partial charge is 0.146 e. The van der Waals surface area contributed by atoms with Crippen LogP contribution in [0.5, 0.6) is 0 Å². The summed E-state index contributed by atoms with van der Waals surface area (Å²) in [6, 6.07) is 0. The molecule has 1 aromatic heterocycles. The van der Waals surface area contributed by atoms with Gasteiger partial charge in [0.2, 0.25) is 0 Å². The standard InChI is InChI=1S/C10H12BrN3O/c11-8-3-12-6-13-9(8)14-4-10(15,5-14)7-1-2-7/h3,6-7,15H,1-2,4-5H2. The quantitative estimate of drug-likeness (QED) is 0.877. The topological polar surface area (TPSA) is 49.2 Å². The van der Waals surface area contributed by atoms with Crippen LogP contribution in [-0.2, 0) is 0 Å². The summed E-state index contributed by atoms with van der Waals surface area (Å²) in [7, 11) is 0. The van der Waals surface area contributed by atoms with Gasteiger partial charge in [-0.2, -0.15) is 0 Å². The lowest BCUT2D eigenvalue weighted by atomic mass is 9.89. The first-order valence-corrected chi connectivity index (χ1v) is 5.91. The lowest BCUT2D eigenvalue weighted by Gasteiger charge is -2.47. The number of aliphatic hydroxyl groups is 1. The molecule has 0 amide bonds. The van der Waals surface area contributed by atoms with E-state index in [-0.39, 0.29) is 0 Å². The van der Waals surface area contributed by atoms with Gasteiger partial charge < -0.3 is 10.0 Å². The Hall–Kier alpha value is -0.680. The highest BCUT2D eigenvalue weighted by Gasteiger charge is 2.52. The second-order valence-corrected chi connectivity index (χ2v) is 5.28. The van der Waals surface area contributed by atoms with E-state index in [2.05, 4.69) is 30.8 Å². The van der Waals surface area contributed by atoms with E-state index >= 15 is 0 Å². The van der Waals surface area contributed by atoms with E-state index in [1.807, 2.05) is 0 Å². The van der Waals surface area contributed by atoms with Gasteiger partial charge in [-0.1, -0.05) is 0 Å². The van der Waals surface area contributed by atoms with Crippen molar-refractivity contribution in [1.29, 1.82) is 0 Å². The minimum absolute atomic E-state index is 0.454. The van der Waals surface area contributed by atoms with Crippen molar-refractivity contribution < 1.29 is 5.11 Å². The predicted molar refractivity (Wildman–Crippen MR) is 59.6 cm³/mol. The number of aromatic nitrogens is 2. The average molecular weight is 270 g/mol. The van der Waals surface area contributed by atoms with Crippen molar-refractivity contribution in [3.05, 3.63) is 17.0 Å². The molecule has 2 fully saturated rings. The maximum atomic E-state index is 10.2. The van der Waals surface area contributed by atoms with Crippen molar-refractivity contribution in [1.82, 2.24) is 9.97 Å². The fourth-order valence-electron chi connectivity index (χ4n) is 2.18. The summed E-state index contributed by atoms with van der Waals surface area (Å²) in [5.74, 6) is 1.41. The average Bonchev–Trinajstić information content (AvgIpc) is 2.97. The Balaban J connectivity index is 1.74. The number of β-amino-alcohol motifs (C(OH)–C–C–N with tert-alkyl or cyclic N) is 1. The monoisotopic (exact) mass is 269 g/mol. The summed E-state index contributed by atoms with van der Waals surface area (Å²) in [5, 5.41) is 10.2. The first kappa shape index (κ1) is 9.54. The Kier molecular flexibility index (Phi) is 2.01. The molecule has 0 atom stereocenters. The molecule has 0 radical (unpaired) electrons. The van der Waals surface area contributed by atoms with Gasteiger partial charge in [0, 0.05) is 6.20 Å². The highest BCUT2D eigenvalue weighted by molar-refractivity contribution is 9.10. The minimum atomic E-state index is -0.454. The van der Waals surface area contributed by atoms with Gasteiger partial charge in [0.05, 0.1) is 17.6 Å². The maximum Gasteiger partial charge on any atom is 0.146 e. The number of hydrogen-bond acceptors (Lipinski definition) is 4. The first-order valence-electron chi connectivity index (χ1n) is 5.12. The molecule has 1 saturated heterocycles. The van der Waals surface area contributed by atoms with Gasteiger partial charge in [-0.3, -0.25) is 0 Å². The molecule has 2 aliphatic rings. The molecule has 1 aliphatic heterocycles. The van der Waals surface area contributed by atoms with Crippen LogP contribution in [-0.4, -0.2) is 33.8 Å². The number of hydrogen-bond donors (Lipinski definition) is 1. The van der Waals surface area contributed by atoms with Crippen LogP contribution >= 0.6 is 15.9 Å². The Morgan fingerprint density at radius 2 is 2.20 bits per heavy atom. The van der Waals surface area contributed by atoms with E-state index in [0.717, 1.165) is 10.3 Å². The molecular formula is C10H12BrN3O. The SMILES string of the molecule is OC1(C2CC2)CN(c2ncncc2Br)C1. The highest BCUT2D eigenvalue weighted by atomic mass is 79.9. The largest absolute Gasteiger partial charge is 0.386 e. The van der Waals surface area contributed by atoms with Crippen LogP contribution in [0.3, 0.4) is 0 Å². The van der Waals surface area contributed by atoms with Crippen LogP contribution in [0.4, 0.5) is 5.82 Å². The highest BCUT2D eigenvalue weighted by Crippen LogP contribution is 2.46. The first-order chi connectivity index (χ1) is 7.19. The molecule has 2 heterocycles. The van der Waals surface area contributed by atoms with Crippen molar-refractivity contribution >= 4 is 21.7 Å². The fourth-order valence-corrected chi connectivity index (χ4v) is 2.65. The summed E-state index contributed by atoms with van der Waals surface area (Å²) in [6.45, 7) is 1.40. The Labute approximate surface area is 96.5 Å². The molecule has 0 spiro atoms. The van der Waals surface area contributed by atoms with Crippen molar-refractivity contribution in [2.75, 3.05) is 18.0 Å². The van der Waals surface area contributed by atoms with Gasteiger partial charge in [-0.05, 0) is 34.7 Å². The molecule has 4 nitrogen and oxygen atoms in total. The molecule has 3 rings (SSSR count). The second kappa shape index (κ2) is 3.15. The van der Waals surface area contributed by atoms with E-state index in [1.54, 1.807) is 6.20 Å². The van der Waals surface area contributed by atoms with Crippen LogP contribution in [0, 0.1) is 5.92 Å². The Morgan fingerprint density at radius 3 is 2.80 bits per heavy atom. The van der Waals surface area contributed by atoms with Crippen LogP contribution in [0.15, 0.2) is 17.0 Å². The minimum Gasteiger partial charge on any atom is -0.386 e. The lowest BCUT2D eigenvalue weighted by Crippen LogP contribution is -2.63. The van der Waals surface area contributed by atoms with E-state index in [9.17, 15) is 5.11 Å². The van der Waals surface area contributed by atoms with Crippen LogP contribution in [0.2, 0.25) is 0 Å². The van der Waals surface area contributed by atoms with Crippen LogP contribution < -0.4 is 4.90 Å². The number of anilines is 1. The van der Waals surface area contributed by atoms with Gasteiger partial charge in [0.1, 0.15) is 17.7 Å². The van der Waals surface area contributed by atoms with Gasteiger partial charge >= 0.3 is 0 Å². The summed E-state index contributed by atoms with van der Waals surface area (Å²) < 4.78 is 0.892. The summed E-state index contributed by atoms with van der Waals surface area (Å²) >= 11 is 3.41. The summed E-state index contributed by atoms with van der Waals surface area (Å²) in [6.07, 6.45) is 5.62. The van der Waals surface area contributed by atoms with Crippen molar-refractivity contribution in [2.24, 2.45) is 5.92 Å². The zero-order chi connectivity index (χ0) is 10.5. The number of nitrogens with zero attached hydrogens (tertiary/aromatic N) is 3. The molecule has 0 bridgehead atoms. The van der Waals surface area contributed by atoms with Crippen molar-refractivity contribution in [3.8, 4) is 0 Å². The van der Waals surface area contributed by atoms with E-state index in [1.165, 1.54) is 19.2 Å². The molecule has 1 saturated carbocycles.